The second-order valence-corrected chi connectivity index (χ2v) is 6.73. The van der Waals surface area contributed by atoms with Crippen molar-refractivity contribution >= 4 is 23.4 Å². The lowest BCUT2D eigenvalue weighted by Gasteiger charge is -2.38. The third-order valence-electron chi connectivity index (χ3n) is 4.08. The van der Waals surface area contributed by atoms with E-state index < -0.39 is 22.7 Å². The average Bonchev–Trinajstić information content (AvgIpc) is 2.58. The van der Waals surface area contributed by atoms with Gasteiger partial charge in [-0.15, -0.1) is 11.6 Å². The van der Waals surface area contributed by atoms with Crippen molar-refractivity contribution in [3.05, 3.63) is 17.7 Å². The smallest absolute Gasteiger partial charge is 0.254 e. The van der Waals surface area contributed by atoms with E-state index in [4.69, 9.17) is 11.6 Å². The summed E-state index contributed by atoms with van der Waals surface area (Å²) in [4.78, 5) is 28.0. The van der Waals surface area contributed by atoms with Crippen LogP contribution in [0.4, 0.5) is 0 Å². The molecule has 1 aromatic carbocycles. The molecular formula is C16H21ClN2O5. The van der Waals surface area contributed by atoms with Crippen molar-refractivity contribution in [1.29, 1.82) is 0 Å². The van der Waals surface area contributed by atoms with Crippen molar-refractivity contribution in [2.75, 3.05) is 32.1 Å². The number of rotatable bonds is 3. The number of nitrogens with zero attached hydrogens (tertiary/aromatic N) is 2. The molecule has 0 atom stereocenters. The van der Waals surface area contributed by atoms with Crippen LogP contribution in [0.2, 0.25) is 0 Å². The number of benzene rings is 1. The number of alkyl halides is 1. The molecule has 0 saturated carbocycles. The average molecular weight is 357 g/mol. The summed E-state index contributed by atoms with van der Waals surface area (Å²) in [6.45, 7) is 5.02. The number of piperazine rings is 1. The van der Waals surface area contributed by atoms with Crippen LogP contribution in [-0.2, 0) is 4.79 Å². The highest BCUT2D eigenvalue weighted by molar-refractivity contribution is 6.19. The van der Waals surface area contributed by atoms with Crippen LogP contribution in [0, 0.1) is 5.41 Å². The van der Waals surface area contributed by atoms with E-state index in [1.165, 1.54) is 4.90 Å². The maximum absolute atomic E-state index is 12.4. The molecule has 0 radical (unpaired) electrons. The maximum Gasteiger partial charge on any atom is 0.254 e. The number of hydrogen-bond acceptors (Lipinski definition) is 5. The first-order valence-electron chi connectivity index (χ1n) is 7.57. The summed E-state index contributed by atoms with van der Waals surface area (Å²) < 4.78 is 0. The molecule has 24 heavy (non-hydrogen) atoms. The van der Waals surface area contributed by atoms with Gasteiger partial charge in [0.2, 0.25) is 5.91 Å². The van der Waals surface area contributed by atoms with E-state index in [2.05, 4.69) is 0 Å². The minimum absolute atomic E-state index is 0.0514. The molecule has 0 aromatic heterocycles. The fourth-order valence-electron chi connectivity index (χ4n) is 2.51. The molecule has 0 spiro atoms. The lowest BCUT2D eigenvalue weighted by atomic mass is 9.94. The summed E-state index contributed by atoms with van der Waals surface area (Å²) in [5.41, 5.74) is -0.578. The van der Waals surface area contributed by atoms with Gasteiger partial charge in [-0.1, -0.05) is 0 Å². The van der Waals surface area contributed by atoms with Crippen LogP contribution >= 0.6 is 11.6 Å². The van der Waals surface area contributed by atoms with E-state index in [9.17, 15) is 24.9 Å². The van der Waals surface area contributed by atoms with Crippen LogP contribution in [-0.4, -0.2) is 69.0 Å². The second kappa shape index (κ2) is 6.76. The van der Waals surface area contributed by atoms with Crippen LogP contribution in [0.1, 0.15) is 24.2 Å². The normalized spacial score (nSPS) is 15.5. The Bertz CT molecular complexity index is 631. The fourth-order valence-corrected chi connectivity index (χ4v) is 2.62. The molecule has 132 valence electrons. The van der Waals surface area contributed by atoms with Gasteiger partial charge in [0, 0.05) is 37.6 Å². The Kier molecular flexibility index (Phi) is 5.13. The molecule has 2 rings (SSSR count). The number of amides is 2. The highest BCUT2D eigenvalue weighted by Crippen LogP contribution is 2.35. The molecule has 1 heterocycles. The van der Waals surface area contributed by atoms with Gasteiger partial charge in [-0.3, -0.25) is 9.59 Å². The Balaban J connectivity index is 2.05. The van der Waals surface area contributed by atoms with Gasteiger partial charge in [0.1, 0.15) is 0 Å². The molecule has 7 nitrogen and oxygen atoms in total. The Morgan fingerprint density at radius 2 is 1.50 bits per heavy atom. The zero-order valence-corrected chi connectivity index (χ0v) is 14.4. The van der Waals surface area contributed by atoms with E-state index in [0.29, 0.717) is 26.2 Å². The van der Waals surface area contributed by atoms with Crippen molar-refractivity contribution in [3.8, 4) is 17.2 Å². The quantitative estimate of drug-likeness (QED) is 0.560. The van der Waals surface area contributed by atoms with Crippen LogP contribution in [0.15, 0.2) is 12.1 Å². The van der Waals surface area contributed by atoms with Crippen molar-refractivity contribution in [2.45, 2.75) is 13.8 Å². The van der Waals surface area contributed by atoms with Crippen LogP contribution in [0.3, 0.4) is 0 Å². The molecule has 2 amide bonds. The summed E-state index contributed by atoms with van der Waals surface area (Å²) in [6.07, 6.45) is 0. The first-order valence-corrected chi connectivity index (χ1v) is 8.10. The summed E-state index contributed by atoms with van der Waals surface area (Å²) in [5.74, 6) is -2.00. The molecule has 1 aromatic rings. The second-order valence-electron chi connectivity index (χ2n) is 6.47. The lowest BCUT2D eigenvalue weighted by Crippen LogP contribution is -2.53. The lowest BCUT2D eigenvalue weighted by molar-refractivity contribution is -0.140. The Labute approximate surface area is 145 Å². The number of carbonyl (C=O) groups is 2. The molecule has 1 aliphatic heterocycles. The van der Waals surface area contributed by atoms with Crippen LogP contribution in [0.25, 0.3) is 0 Å². The van der Waals surface area contributed by atoms with Gasteiger partial charge < -0.3 is 25.1 Å². The first-order chi connectivity index (χ1) is 11.2. The standard InChI is InChI=1S/C16H21ClN2O5/c1-16(2,9-17)15(24)19-5-3-18(4-6-19)14(23)10-7-11(20)13(22)12(21)8-10/h7-8,20-22H,3-6,9H2,1-2H3. The molecule has 1 fully saturated rings. The molecule has 0 unspecified atom stereocenters. The highest BCUT2D eigenvalue weighted by Gasteiger charge is 2.34. The number of carbonyl (C=O) groups excluding carboxylic acids is 2. The molecule has 1 aliphatic rings. The Morgan fingerprint density at radius 3 is 1.96 bits per heavy atom. The third-order valence-corrected chi connectivity index (χ3v) is 4.75. The molecular weight excluding hydrogens is 336 g/mol. The van der Waals surface area contributed by atoms with Crippen LogP contribution in [0.5, 0.6) is 17.2 Å². The van der Waals surface area contributed by atoms with Gasteiger partial charge in [0.15, 0.2) is 17.2 Å². The maximum atomic E-state index is 12.4. The summed E-state index contributed by atoms with van der Waals surface area (Å²) >= 11 is 5.83. The van der Waals surface area contributed by atoms with E-state index in [0.717, 1.165) is 12.1 Å². The van der Waals surface area contributed by atoms with Gasteiger partial charge in [0.05, 0.1) is 5.41 Å². The summed E-state index contributed by atoms with van der Waals surface area (Å²) in [5, 5.41) is 28.4. The molecule has 1 saturated heterocycles. The monoisotopic (exact) mass is 356 g/mol. The zero-order chi connectivity index (χ0) is 18.1. The van der Waals surface area contributed by atoms with Crippen molar-refractivity contribution in [2.24, 2.45) is 5.41 Å². The highest BCUT2D eigenvalue weighted by atomic mass is 35.5. The SMILES string of the molecule is CC(C)(CCl)C(=O)N1CCN(C(=O)c2cc(O)c(O)c(O)c2)CC1. The van der Waals surface area contributed by atoms with Crippen molar-refractivity contribution in [3.63, 3.8) is 0 Å². The van der Waals surface area contributed by atoms with Gasteiger partial charge in [0.25, 0.3) is 5.91 Å². The molecule has 0 aliphatic carbocycles. The number of phenolic OH excluding ortho intramolecular Hbond substituents is 3. The molecule has 0 bridgehead atoms. The predicted molar refractivity (Wildman–Crippen MR) is 88.4 cm³/mol. The number of phenols is 3. The summed E-state index contributed by atoms with van der Waals surface area (Å²) in [6, 6.07) is 2.21. The minimum atomic E-state index is -0.662. The largest absolute Gasteiger partial charge is 0.504 e. The third kappa shape index (κ3) is 3.51. The van der Waals surface area contributed by atoms with Gasteiger partial charge in [-0.25, -0.2) is 0 Å². The van der Waals surface area contributed by atoms with Gasteiger partial charge in [-0.05, 0) is 26.0 Å². The van der Waals surface area contributed by atoms with Crippen LogP contribution < -0.4 is 0 Å². The zero-order valence-electron chi connectivity index (χ0n) is 13.6. The fraction of sp³-hybridized carbons (Fsp3) is 0.500. The predicted octanol–water partition coefficient (Wildman–Crippen LogP) is 1.35. The Morgan fingerprint density at radius 1 is 1.04 bits per heavy atom. The Hall–Kier alpha value is -2.15. The minimum Gasteiger partial charge on any atom is -0.504 e. The van der Waals surface area contributed by atoms with E-state index in [-0.39, 0.29) is 23.3 Å². The van der Waals surface area contributed by atoms with Gasteiger partial charge >= 0.3 is 0 Å². The number of halogens is 1. The van der Waals surface area contributed by atoms with E-state index in [1.54, 1.807) is 18.7 Å². The number of hydrogen-bond donors (Lipinski definition) is 3. The summed E-state index contributed by atoms with van der Waals surface area (Å²) in [7, 11) is 0. The van der Waals surface area contributed by atoms with Crippen molar-refractivity contribution < 1.29 is 24.9 Å². The van der Waals surface area contributed by atoms with Crippen molar-refractivity contribution in [1.82, 2.24) is 9.80 Å². The van der Waals surface area contributed by atoms with E-state index in [1.807, 2.05) is 0 Å². The topological polar surface area (TPSA) is 101 Å². The molecule has 3 N–H and O–H groups in total. The molecule has 8 heteroatoms. The van der Waals surface area contributed by atoms with Gasteiger partial charge in [-0.2, -0.15) is 0 Å². The van der Waals surface area contributed by atoms with E-state index >= 15 is 0 Å². The number of aromatic hydroxyl groups is 3. The first kappa shape index (κ1) is 18.2.